The second-order valence-corrected chi connectivity index (χ2v) is 7.65. The SMILES string of the molecule is COc1ccccc1C(CNC(=O)Cc1nc(-c2cccs2)oc1C)N(C)C. The third kappa shape index (κ3) is 4.61. The third-order valence-corrected chi connectivity index (χ3v) is 5.42. The zero-order chi connectivity index (χ0) is 20.1. The van der Waals surface area contributed by atoms with E-state index in [-0.39, 0.29) is 18.4 Å². The van der Waals surface area contributed by atoms with Crippen molar-refractivity contribution in [1.82, 2.24) is 15.2 Å². The van der Waals surface area contributed by atoms with Gasteiger partial charge in [-0.3, -0.25) is 4.79 Å². The van der Waals surface area contributed by atoms with Crippen molar-refractivity contribution in [2.45, 2.75) is 19.4 Å². The van der Waals surface area contributed by atoms with Crippen LogP contribution in [0.2, 0.25) is 0 Å². The van der Waals surface area contributed by atoms with E-state index in [9.17, 15) is 4.79 Å². The Hall–Kier alpha value is -2.64. The van der Waals surface area contributed by atoms with Crippen LogP contribution in [0, 0.1) is 6.92 Å². The van der Waals surface area contributed by atoms with Gasteiger partial charge in [0.15, 0.2) is 0 Å². The van der Waals surface area contributed by atoms with Gasteiger partial charge in [0, 0.05) is 12.1 Å². The molecule has 0 radical (unpaired) electrons. The predicted octanol–water partition coefficient (Wildman–Crippen LogP) is 3.68. The fraction of sp³-hybridized carbons (Fsp3) is 0.333. The number of nitrogens with one attached hydrogen (secondary N) is 1. The maximum atomic E-state index is 12.5. The molecule has 0 fully saturated rings. The molecule has 2 heterocycles. The van der Waals surface area contributed by atoms with Crippen molar-refractivity contribution in [3.8, 4) is 16.5 Å². The summed E-state index contributed by atoms with van der Waals surface area (Å²) in [4.78, 5) is 20.0. The van der Waals surface area contributed by atoms with Gasteiger partial charge in [0.2, 0.25) is 11.8 Å². The summed E-state index contributed by atoms with van der Waals surface area (Å²) in [6, 6.07) is 11.8. The van der Waals surface area contributed by atoms with Crippen LogP contribution in [-0.2, 0) is 11.2 Å². The number of ether oxygens (including phenoxy) is 1. The number of benzene rings is 1. The van der Waals surface area contributed by atoms with E-state index in [1.54, 1.807) is 18.4 Å². The first kappa shape index (κ1) is 20.1. The van der Waals surface area contributed by atoms with Gasteiger partial charge in [0.1, 0.15) is 11.5 Å². The summed E-state index contributed by atoms with van der Waals surface area (Å²) in [6.45, 7) is 2.31. The Bertz CT molecular complexity index is 919. The first-order chi connectivity index (χ1) is 13.5. The number of aromatic nitrogens is 1. The van der Waals surface area contributed by atoms with E-state index in [0.29, 0.717) is 23.9 Å². The molecule has 0 aliphatic rings. The summed E-state index contributed by atoms with van der Waals surface area (Å²) in [5, 5.41) is 4.99. The van der Waals surface area contributed by atoms with Gasteiger partial charge in [0.05, 0.1) is 30.1 Å². The van der Waals surface area contributed by atoms with E-state index in [2.05, 4.69) is 15.2 Å². The highest BCUT2D eigenvalue weighted by Crippen LogP contribution is 2.28. The lowest BCUT2D eigenvalue weighted by Crippen LogP contribution is -2.35. The zero-order valence-corrected chi connectivity index (χ0v) is 17.4. The molecule has 1 unspecified atom stereocenters. The summed E-state index contributed by atoms with van der Waals surface area (Å²) in [7, 11) is 5.62. The number of carbonyl (C=O) groups excluding carboxylic acids is 1. The number of nitrogens with zero attached hydrogens (tertiary/aromatic N) is 2. The van der Waals surface area contributed by atoms with Gasteiger partial charge < -0.3 is 19.4 Å². The second kappa shape index (κ2) is 9.03. The number of aryl methyl sites for hydroxylation is 1. The topological polar surface area (TPSA) is 67.6 Å². The number of thiophene rings is 1. The second-order valence-electron chi connectivity index (χ2n) is 6.70. The van der Waals surface area contributed by atoms with Crippen LogP contribution in [0.4, 0.5) is 0 Å². The molecule has 0 spiro atoms. The average molecular weight is 400 g/mol. The number of para-hydroxylation sites is 1. The molecule has 0 bridgehead atoms. The molecule has 28 heavy (non-hydrogen) atoms. The molecule has 0 aliphatic carbocycles. The van der Waals surface area contributed by atoms with E-state index < -0.39 is 0 Å². The molecular formula is C21H25N3O3S. The van der Waals surface area contributed by atoms with Crippen LogP contribution in [0.1, 0.15) is 23.1 Å². The summed E-state index contributed by atoms with van der Waals surface area (Å²) in [6.07, 6.45) is 0.187. The van der Waals surface area contributed by atoms with Crippen LogP contribution in [-0.4, -0.2) is 43.5 Å². The van der Waals surface area contributed by atoms with Crippen LogP contribution in [0.15, 0.2) is 46.2 Å². The molecule has 3 rings (SSSR count). The maximum Gasteiger partial charge on any atom is 0.236 e. The minimum atomic E-state index is -0.0872. The van der Waals surface area contributed by atoms with Gasteiger partial charge in [-0.05, 0) is 38.5 Å². The molecule has 1 N–H and O–H groups in total. The Morgan fingerprint density at radius 1 is 1.29 bits per heavy atom. The monoisotopic (exact) mass is 399 g/mol. The lowest BCUT2D eigenvalue weighted by atomic mass is 10.0. The number of hydrogen-bond acceptors (Lipinski definition) is 6. The summed E-state index contributed by atoms with van der Waals surface area (Å²) in [5.41, 5.74) is 1.70. The normalized spacial score (nSPS) is 12.2. The van der Waals surface area contributed by atoms with Crippen molar-refractivity contribution >= 4 is 17.2 Å². The largest absolute Gasteiger partial charge is 0.496 e. The molecular weight excluding hydrogens is 374 g/mol. The Kier molecular flexibility index (Phi) is 6.49. The Labute approximate surface area is 169 Å². The van der Waals surface area contributed by atoms with Crippen LogP contribution >= 0.6 is 11.3 Å². The van der Waals surface area contributed by atoms with Gasteiger partial charge in [-0.1, -0.05) is 24.3 Å². The lowest BCUT2D eigenvalue weighted by Gasteiger charge is -2.26. The molecule has 0 aliphatic heterocycles. The Balaban J connectivity index is 1.66. The fourth-order valence-electron chi connectivity index (χ4n) is 3.04. The number of likely N-dealkylation sites (N-methyl/N-ethyl adjacent to an activating group) is 1. The Morgan fingerprint density at radius 3 is 2.75 bits per heavy atom. The highest BCUT2D eigenvalue weighted by atomic mass is 32.1. The lowest BCUT2D eigenvalue weighted by molar-refractivity contribution is -0.120. The molecule has 2 aromatic heterocycles. The minimum absolute atomic E-state index is 0.000172. The first-order valence-electron chi connectivity index (χ1n) is 9.05. The van der Waals surface area contributed by atoms with E-state index in [4.69, 9.17) is 9.15 Å². The van der Waals surface area contributed by atoms with Crippen LogP contribution in [0.25, 0.3) is 10.8 Å². The number of amides is 1. The van der Waals surface area contributed by atoms with E-state index >= 15 is 0 Å². The number of methoxy groups -OCH3 is 1. The number of carbonyl (C=O) groups is 1. The number of hydrogen-bond donors (Lipinski definition) is 1. The summed E-state index contributed by atoms with van der Waals surface area (Å²) < 4.78 is 11.2. The van der Waals surface area contributed by atoms with Crippen molar-refractivity contribution in [1.29, 1.82) is 0 Å². The van der Waals surface area contributed by atoms with Crippen molar-refractivity contribution in [3.63, 3.8) is 0 Å². The maximum absolute atomic E-state index is 12.5. The van der Waals surface area contributed by atoms with Gasteiger partial charge in [-0.2, -0.15) is 0 Å². The summed E-state index contributed by atoms with van der Waals surface area (Å²) >= 11 is 1.56. The van der Waals surface area contributed by atoms with E-state index in [1.807, 2.05) is 62.8 Å². The molecule has 148 valence electrons. The molecule has 1 aromatic carbocycles. The molecule has 0 saturated heterocycles. The predicted molar refractivity (Wildman–Crippen MR) is 111 cm³/mol. The fourth-order valence-corrected chi connectivity index (χ4v) is 3.68. The van der Waals surface area contributed by atoms with Gasteiger partial charge in [-0.25, -0.2) is 4.98 Å². The van der Waals surface area contributed by atoms with Gasteiger partial charge in [-0.15, -0.1) is 11.3 Å². The zero-order valence-electron chi connectivity index (χ0n) is 16.6. The van der Waals surface area contributed by atoms with Crippen LogP contribution < -0.4 is 10.1 Å². The van der Waals surface area contributed by atoms with Crippen molar-refractivity contribution in [2.24, 2.45) is 0 Å². The average Bonchev–Trinajstić information content (AvgIpc) is 3.32. The highest BCUT2D eigenvalue weighted by Gasteiger charge is 2.20. The van der Waals surface area contributed by atoms with E-state index in [0.717, 1.165) is 16.2 Å². The van der Waals surface area contributed by atoms with E-state index in [1.165, 1.54) is 0 Å². The number of oxazole rings is 1. The molecule has 7 heteroatoms. The smallest absolute Gasteiger partial charge is 0.236 e. The van der Waals surface area contributed by atoms with Crippen LogP contribution in [0.3, 0.4) is 0 Å². The van der Waals surface area contributed by atoms with Crippen molar-refractivity contribution in [3.05, 3.63) is 58.8 Å². The number of rotatable bonds is 8. The molecule has 1 atom stereocenters. The standard InChI is InChI=1S/C21H25N3O3S/c1-14-16(23-21(27-14)19-10-7-11-28-19)12-20(25)22-13-17(24(2)3)15-8-5-6-9-18(15)26-4/h5-11,17H,12-13H2,1-4H3,(H,22,25). The molecule has 6 nitrogen and oxygen atoms in total. The molecule has 0 saturated carbocycles. The third-order valence-electron chi connectivity index (χ3n) is 4.57. The van der Waals surface area contributed by atoms with Crippen molar-refractivity contribution < 1.29 is 13.9 Å². The summed E-state index contributed by atoms with van der Waals surface area (Å²) in [5.74, 6) is 1.96. The van der Waals surface area contributed by atoms with Gasteiger partial charge >= 0.3 is 0 Å². The van der Waals surface area contributed by atoms with Crippen LogP contribution in [0.5, 0.6) is 5.75 Å². The quantitative estimate of drug-likeness (QED) is 0.626. The first-order valence-corrected chi connectivity index (χ1v) is 9.93. The highest BCUT2D eigenvalue weighted by molar-refractivity contribution is 7.13. The molecule has 1 amide bonds. The minimum Gasteiger partial charge on any atom is -0.496 e. The molecule has 3 aromatic rings. The van der Waals surface area contributed by atoms with Crippen molar-refractivity contribution in [2.75, 3.05) is 27.7 Å². The van der Waals surface area contributed by atoms with Gasteiger partial charge in [0.25, 0.3) is 0 Å². The Morgan fingerprint density at radius 2 is 2.07 bits per heavy atom.